The molecule has 1 fully saturated rings. The molecule has 0 bridgehead atoms. The lowest BCUT2D eigenvalue weighted by Gasteiger charge is -2.30. The van der Waals surface area contributed by atoms with Crippen LogP contribution in [0.25, 0.3) is 10.8 Å². The largest absolute Gasteiger partial charge is 0.494 e. The number of benzene rings is 2. The zero-order valence-corrected chi connectivity index (χ0v) is 17.7. The second-order valence-electron chi connectivity index (χ2n) is 8.54. The molecule has 30 heavy (non-hydrogen) atoms. The van der Waals surface area contributed by atoms with Crippen molar-refractivity contribution >= 4 is 16.7 Å². The number of nitrogens with one attached hydrogen (secondary N) is 1. The molecule has 1 aliphatic heterocycles. The Morgan fingerprint density at radius 1 is 1.17 bits per heavy atom. The predicted octanol–water partition coefficient (Wildman–Crippen LogP) is 5.78. The quantitative estimate of drug-likeness (QED) is 0.549. The molecule has 0 spiro atoms. The summed E-state index contributed by atoms with van der Waals surface area (Å²) < 4.78 is 48.1. The lowest BCUT2D eigenvalue weighted by molar-refractivity contribution is -0.191. The number of carbonyl (C=O) groups is 1. The number of alkyl halides is 3. The first-order valence-corrected chi connectivity index (χ1v) is 10.4. The molecule has 4 nitrogen and oxygen atoms in total. The van der Waals surface area contributed by atoms with Gasteiger partial charge in [0.15, 0.2) is 6.04 Å². The Balaban J connectivity index is 1.88. The smallest absolute Gasteiger partial charge is 0.409 e. The second kappa shape index (κ2) is 8.84. The molecular formula is C23H29F3N2O2. The average molecular weight is 422 g/mol. The number of rotatable bonds is 8. The molecule has 0 radical (unpaired) electrons. The van der Waals surface area contributed by atoms with Crippen LogP contribution in [-0.2, 0) is 4.79 Å². The summed E-state index contributed by atoms with van der Waals surface area (Å²) in [6.45, 7) is 5.99. The number of nitrogens with zero attached hydrogens (tertiary/aromatic N) is 1. The van der Waals surface area contributed by atoms with Crippen molar-refractivity contribution in [1.29, 1.82) is 0 Å². The number of hydrogen-bond acceptors (Lipinski definition) is 3. The van der Waals surface area contributed by atoms with Crippen LogP contribution in [0.5, 0.6) is 5.75 Å². The van der Waals surface area contributed by atoms with E-state index in [0.29, 0.717) is 23.1 Å². The van der Waals surface area contributed by atoms with E-state index < -0.39 is 23.5 Å². The summed E-state index contributed by atoms with van der Waals surface area (Å²) in [5.41, 5.74) is 1.66. The van der Waals surface area contributed by atoms with E-state index in [0.717, 1.165) is 30.7 Å². The first kappa shape index (κ1) is 22.4. The van der Waals surface area contributed by atoms with Gasteiger partial charge in [-0.1, -0.05) is 50.5 Å². The molecule has 1 heterocycles. The van der Waals surface area contributed by atoms with E-state index in [1.165, 1.54) is 6.07 Å². The summed E-state index contributed by atoms with van der Waals surface area (Å²) in [6, 6.07) is 8.11. The molecule has 2 aromatic carbocycles. The molecule has 164 valence electrons. The van der Waals surface area contributed by atoms with E-state index in [4.69, 9.17) is 4.74 Å². The topological polar surface area (TPSA) is 41.6 Å². The fourth-order valence-corrected chi connectivity index (χ4v) is 3.83. The third kappa shape index (κ3) is 4.89. The molecule has 1 atom stereocenters. The van der Waals surface area contributed by atoms with Crippen LogP contribution in [0.15, 0.2) is 36.4 Å². The first-order valence-electron chi connectivity index (χ1n) is 10.4. The van der Waals surface area contributed by atoms with Gasteiger partial charge < -0.3 is 4.74 Å². The molecule has 0 saturated carbocycles. The van der Waals surface area contributed by atoms with Crippen molar-refractivity contribution in [3.63, 3.8) is 0 Å². The van der Waals surface area contributed by atoms with Gasteiger partial charge in [0.05, 0.1) is 12.0 Å². The lowest BCUT2D eigenvalue weighted by Crippen LogP contribution is -2.43. The van der Waals surface area contributed by atoms with Crippen molar-refractivity contribution in [2.75, 3.05) is 13.2 Å². The van der Waals surface area contributed by atoms with Crippen LogP contribution in [0.4, 0.5) is 13.2 Å². The summed E-state index contributed by atoms with van der Waals surface area (Å²) in [6.07, 6.45) is -0.191. The molecular weight excluding hydrogens is 393 g/mol. The van der Waals surface area contributed by atoms with Crippen LogP contribution in [0.2, 0.25) is 0 Å². The van der Waals surface area contributed by atoms with Crippen molar-refractivity contribution in [3.05, 3.63) is 42.0 Å². The van der Waals surface area contributed by atoms with Gasteiger partial charge in [-0.3, -0.25) is 10.2 Å². The number of fused-ring (bicyclic) bond motifs is 1. The molecule has 1 saturated heterocycles. The highest BCUT2D eigenvalue weighted by molar-refractivity contribution is 5.88. The zero-order chi connectivity index (χ0) is 21.9. The van der Waals surface area contributed by atoms with E-state index in [-0.39, 0.29) is 12.1 Å². The normalized spacial score (nSPS) is 17.9. The van der Waals surface area contributed by atoms with Crippen molar-refractivity contribution in [1.82, 2.24) is 10.4 Å². The lowest BCUT2D eigenvalue weighted by atomic mass is 9.93. The Labute approximate surface area is 175 Å². The molecule has 3 rings (SSSR count). The maximum absolute atomic E-state index is 14.1. The van der Waals surface area contributed by atoms with Crippen molar-refractivity contribution < 1.29 is 22.7 Å². The molecule has 1 unspecified atom stereocenters. The van der Waals surface area contributed by atoms with E-state index >= 15 is 0 Å². The van der Waals surface area contributed by atoms with Crippen LogP contribution in [0.1, 0.15) is 58.1 Å². The Bertz CT molecular complexity index is 896. The summed E-state index contributed by atoms with van der Waals surface area (Å²) in [4.78, 5) is 12.1. The third-order valence-electron chi connectivity index (χ3n) is 5.49. The standard InChI is InChI=1S/C23H29F3N2O2/c1-4-5-6-7-13-30-17-11-12-18-16(14-17)9-8-10-19(18)20(23(24,25)26)28-15-22(2,3)21(29)27-28/h8-12,14,20H,4-7,13,15H2,1-3H3,(H,27,29). The van der Waals surface area contributed by atoms with Gasteiger partial charge in [0, 0.05) is 6.54 Å². The first-order chi connectivity index (χ1) is 14.1. The van der Waals surface area contributed by atoms with E-state index in [9.17, 15) is 18.0 Å². The third-order valence-corrected chi connectivity index (χ3v) is 5.49. The highest BCUT2D eigenvalue weighted by atomic mass is 19.4. The van der Waals surface area contributed by atoms with Crippen LogP contribution in [0.3, 0.4) is 0 Å². The van der Waals surface area contributed by atoms with Gasteiger partial charge in [0.25, 0.3) is 0 Å². The highest BCUT2D eigenvalue weighted by Crippen LogP contribution is 2.43. The van der Waals surface area contributed by atoms with E-state index in [1.807, 2.05) is 0 Å². The Kier molecular flexibility index (Phi) is 6.60. The molecule has 1 aliphatic rings. The number of hydrazine groups is 1. The van der Waals surface area contributed by atoms with E-state index in [1.54, 1.807) is 44.2 Å². The minimum atomic E-state index is -4.55. The predicted molar refractivity (Wildman–Crippen MR) is 111 cm³/mol. The summed E-state index contributed by atoms with van der Waals surface area (Å²) in [5, 5.41) is 2.18. The van der Waals surface area contributed by atoms with Crippen molar-refractivity contribution in [3.8, 4) is 5.75 Å². The van der Waals surface area contributed by atoms with Gasteiger partial charge in [-0.05, 0) is 48.7 Å². The number of carbonyl (C=O) groups excluding carboxylic acids is 1. The van der Waals surface area contributed by atoms with Crippen LogP contribution in [0, 0.1) is 5.41 Å². The van der Waals surface area contributed by atoms with Crippen LogP contribution < -0.4 is 10.2 Å². The fraction of sp³-hybridized carbons (Fsp3) is 0.522. The number of unbranched alkanes of at least 4 members (excludes halogenated alkanes) is 3. The maximum atomic E-state index is 14.1. The van der Waals surface area contributed by atoms with Crippen LogP contribution >= 0.6 is 0 Å². The number of amides is 1. The highest BCUT2D eigenvalue weighted by Gasteiger charge is 2.51. The number of hydrogen-bond donors (Lipinski definition) is 1. The minimum absolute atomic E-state index is 0.0225. The number of ether oxygens (including phenoxy) is 1. The van der Waals surface area contributed by atoms with Crippen LogP contribution in [-0.4, -0.2) is 30.2 Å². The monoisotopic (exact) mass is 422 g/mol. The van der Waals surface area contributed by atoms with Gasteiger partial charge in [-0.25, -0.2) is 5.01 Å². The number of halogens is 3. The Morgan fingerprint density at radius 2 is 1.93 bits per heavy atom. The summed E-state index contributed by atoms with van der Waals surface area (Å²) in [5.74, 6) is 0.242. The molecule has 0 aliphatic carbocycles. The SMILES string of the molecule is CCCCCCOc1ccc2c(C(N3CC(C)(C)C(=O)N3)C(F)(F)F)cccc2c1. The Morgan fingerprint density at radius 3 is 2.57 bits per heavy atom. The van der Waals surface area contributed by atoms with Crippen molar-refractivity contribution in [2.45, 2.75) is 58.7 Å². The summed E-state index contributed by atoms with van der Waals surface area (Å²) >= 11 is 0. The molecule has 1 amide bonds. The molecule has 1 N–H and O–H groups in total. The van der Waals surface area contributed by atoms with Gasteiger partial charge in [-0.2, -0.15) is 13.2 Å². The molecule has 7 heteroatoms. The van der Waals surface area contributed by atoms with Gasteiger partial charge >= 0.3 is 6.18 Å². The van der Waals surface area contributed by atoms with Crippen molar-refractivity contribution in [2.24, 2.45) is 5.41 Å². The second-order valence-corrected chi connectivity index (χ2v) is 8.54. The summed E-state index contributed by atoms with van der Waals surface area (Å²) in [7, 11) is 0. The minimum Gasteiger partial charge on any atom is -0.494 e. The van der Waals surface area contributed by atoms with Gasteiger partial charge in [0.1, 0.15) is 5.75 Å². The maximum Gasteiger partial charge on any atom is 0.409 e. The van der Waals surface area contributed by atoms with E-state index in [2.05, 4.69) is 12.3 Å². The molecule has 2 aromatic rings. The average Bonchev–Trinajstić information content (AvgIpc) is 2.92. The van der Waals surface area contributed by atoms with Gasteiger partial charge in [-0.15, -0.1) is 0 Å². The molecule has 0 aromatic heterocycles. The fourth-order valence-electron chi connectivity index (χ4n) is 3.83. The zero-order valence-electron chi connectivity index (χ0n) is 17.7. The van der Waals surface area contributed by atoms with Gasteiger partial charge in [0.2, 0.25) is 5.91 Å². The Hall–Kier alpha value is -2.28.